The number of amides is 1. The summed E-state index contributed by atoms with van der Waals surface area (Å²) in [7, 11) is 1.54. The molecule has 2 heterocycles. The zero-order valence-electron chi connectivity index (χ0n) is 22.7. The van der Waals surface area contributed by atoms with Crippen molar-refractivity contribution in [1.82, 2.24) is 4.98 Å². The lowest BCUT2D eigenvalue weighted by Crippen LogP contribution is -2.29. The van der Waals surface area contributed by atoms with Gasteiger partial charge in [-0.15, -0.1) is 0 Å². The van der Waals surface area contributed by atoms with Gasteiger partial charge in [-0.3, -0.25) is 14.5 Å². The van der Waals surface area contributed by atoms with Gasteiger partial charge in [-0.25, -0.2) is 4.98 Å². The van der Waals surface area contributed by atoms with Crippen molar-refractivity contribution in [2.75, 3.05) is 18.6 Å². The SMILES string of the molecule is CCCCOc1ccc(C2/C(=C(\O)c3ccc(Cl)cc3)C(=O)C(=O)N2c2nc3c(C)cc(C)cc3s2)cc1OC. The van der Waals surface area contributed by atoms with Gasteiger partial charge < -0.3 is 14.6 Å². The molecule has 7 nitrogen and oxygen atoms in total. The molecule has 0 bridgehead atoms. The van der Waals surface area contributed by atoms with Gasteiger partial charge >= 0.3 is 5.91 Å². The van der Waals surface area contributed by atoms with Crippen LogP contribution in [0.5, 0.6) is 11.5 Å². The van der Waals surface area contributed by atoms with Crippen LogP contribution in [0.1, 0.15) is 48.1 Å². The van der Waals surface area contributed by atoms with Gasteiger partial charge in [0.2, 0.25) is 0 Å². The van der Waals surface area contributed by atoms with Gasteiger partial charge in [0.25, 0.3) is 5.78 Å². The van der Waals surface area contributed by atoms with Crippen molar-refractivity contribution in [3.8, 4) is 11.5 Å². The van der Waals surface area contributed by atoms with E-state index in [1.165, 1.54) is 23.3 Å². The number of fused-ring (bicyclic) bond motifs is 1. The molecule has 1 N–H and O–H groups in total. The van der Waals surface area contributed by atoms with Crippen LogP contribution in [0, 0.1) is 13.8 Å². The van der Waals surface area contributed by atoms with Gasteiger partial charge in [0.15, 0.2) is 16.6 Å². The Morgan fingerprint density at radius 2 is 1.82 bits per heavy atom. The van der Waals surface area contributed by atoms with Gasteiger partial charge in [0, 0.05) is 10.6 Å². The Bertz CT molecular complexity index is 1640. The Labute approximate surface area is 241 Å². The van der Waals surface area contributed by atoms with Crippen molar-refractivity contribution in [1.29, 1.82) is 0 Å². The first kappa shape index (κ1) is 27.7. The van der Waals surface area contributed by atoms with Gasteiger partial charge in [-0.05, 0) is 79.4 Å². The third-order valence-electron chi connectivity index (χ3n) is 6.85. The minimum absolute atomic E-state index is 0.0406. The number of aromatic nitrogens is 1. The number of thiazole rings is 1. The van der Waals surface area contributed by atoms with Crippen LogP contribution in [-0.4, -0.2) is 35.5 Å². The Morgan fingerprint density at radius 1 is 1.07 bits per heavy atom. The van der Waals surface area contributed by atoms with E-state index in [2.05, 4.69) is 6.92 Å². The normalized spacial score (nSPS) is 16.6. The van der Waals surface area contributed by atoms with E-state index >= 15 is 0 Å². The van der Waals surface area contributed by atoms with Gasteiger partial charge in [-0.2, -0.15) is 0 Å². The number of nitrogens with zero attached hydrogens (tertiary/aromatic N) is 2. The highest BCUT2D eigenvalue weighted by molar-refractivity contribution is 7.22. The fourth-order valence-electron chi connectivity index (χ4n) is 4.87. The van der Waals surface area contributed by atoms with Crippen LogP contribution in [0.3, 0.4) is 0 Å². The number of carbonyl (C=O) groups excluding carboxylic acids is 2. The summed E-state index contributed by atoms with van der Waals surface area (Å²) in [5.74, 6) is -0.845. The predicted molar refractivity (Wildman–Crippen MR) is 159 cm³/mol. The molecule has 4 aromatic rings. The van der Waals surface area contributed by atoms with Gasteiger partial charge in [-0.1, -0.05) is 48.4 Å². The summed E-state index contributed by atoms with van der Waals surface area (Å²) >= 11 is 7.38. The average molecular weight is 577 g/mol. The minimum atomic E-state index is -0.948. The Morgan fingerprint density at radius 3 is 2.52 bits per heavy atom. The summed E-state index contributed by atoms with van der Waals surface area (Å²) < 4.78 is 12.4. The quantitative estimate of drug-likeness (QED) is 0.102. The summed E-state index contributed by atoms with van der Waals surface area (Å²) in [5, 5.41) is 12.3. The first-order valence-electron chi connectivity index (χ1n) is 13.0. The maximum Gasteiger partial charge on any atom is 0.301 e. The van der Waals surface area contributed by atoms with Crippen molar-refractivity contribution in [3.05, 3.63) is 87.4 Å². The minimum Gasteiger partial charge on any atom is -0.507 e. The van der Waals surface area contributed by atoms with Crippen molar-refractivity contribution in [2.45, 2.75) is 39.7 Å². The first-order valence-corrected chi connectivity index (χ1v) is 14.2. The number of halogens is 1. The third kappa shape index (κ3) is 5.05. The Kier molecular flexibility index (Phi) is 7.83. The van der Waals surface area contributed by atoms with Crippen LogP contribution in [-0.2, 0) is 9.59 Å². The van der Waals surface area contributed by atoms with E-state index in [9.17, 15) is 14.7 Å². The number of hydrogen-bond acceptors (Lipinski definition) is 7. The zero-order chi connectivity index (χ0) is 28.6. The van der Waals surface area contributed by atoms with E-state index in [4.69, 9.17) is 26.1 Å². The molecule has 9 heteroatoms. The number of aliphatic hydroxyl groups excluding tert-OH is 1. The Balaban J connectivity index is 1.70. The van der Waals surface area contributed by atoms with Crippen molar-refractivity contribution < 1.29 is 24.2 Å². The van der Waals surface area contributed by atoms with Gasteiger partial charge in [0.05, 0.1) is 35.5 Å². The highest BCUT2D eigenvalue weighted by atomic mass is 35.5. The first-order chi connectivity index (χ1) is 19.2. The maximum atomic E-state index is 13.6. The molecule has 0 radical (unpaired) electrons. The maximum absolute atomic E-state index is 13.6. The van der Waals surface area contributed by atoms with Crippen LogP contribution < -0.4 is 14.4 Å². The van der Waals surface area contributed by atoms with Crippen molar-refractivity contribution in [2.24, 2.45) is 0 Å². The van der Waals surface area contributed by atoms with E-state index in [0.717, 1.165) is 34.2 Å². The molecule has 1 saturated heterocycles. The number of benzene rings is 3. The number of methoxy groups -OCH3 is 1. The molecule has 1 aromatic heterocycles. The lowest BCUT2D eigenvalue weighted by atomic mass is 9.95. The van der Waals surface area contributed by atoms with Crippen molar-refractivity contribution in [3.63, 3.8) is 0 Å². The Hall–Kier alpha value is -3.88. The van der Waals surface area contributed by atoms with Crippen LogP contribution in [0.15, 0.2) is 60.2 Å². The fourth-order valence-corrected chi connectivity index (χ4v) is 6.16. The average Bonchev–Trinajstić information content (AvgIpc) is 3.47. The zero-order valence-corrected chi connectivity index (χ0v) is 24.2. The number of unbranched alkanes of at least 4 members (excludes halogenated alkanes) is 1. The lowest BCUT2D eigenvalue weighted by molar-refractivity contribution is -0.132. The number of ether oxygens (including phenoxy) is 2. The molecule has 1 fully saturated rings. The molecule has 1 aliphatic heterocycles. The number of anilines is 1. The summed E-state index contributed by atoms with van der Waals surface area (Å²) in [6.45, 7) is 6.58. The number of Topliss-reactive ketones (excluding diaryl/α,β-unsaturated/α-hetero) is 1. The largest absolute Gasteiger partial charge is 0.507 e. The molecule has 1 atom stereocenters. The molecule has 1 amide bonds. The number of carbonyl (C=O) groups is 2. The molecule has 5 rings (SSSR count). The second kappa shape index (κ2) is 11.3. The molecular weight excluding hydrogens is 548 g/mol. The fraction of sp³-hybridized carbons (Fsp3) is 0.258. The molecule has 1 aliphatic rings. The summed E-state index contributed by atoms with van der Waals surface area (Å²) in [4.78, 5) is 33.4. The smallest absolute Gasteiger partial charge is 0.301 e. The summed E-state index contributed by atoms with van der Waals surface area (Å²) in [6.07, 6.45) is 1.88. The molecule has 206 valence electrons. The summed E-state index contributed by atoms with van der Waals surface area (Å²) in [6, 6.07) is 14.8. The highest BCUT2D eigenvalue weighted by Crippen LogP contribution is 2.46. The lowest BCUT2D eigenvalue weighted by Gasteiger charge is -2.24. The second-order valence-corrected chi connectivity index (χ2v) is 11.2. The molecule has 40 heavy (non-hydrogen) atoms. The number of ketones is 1. The number of hydrogen-bond donors (Lipinski definition) is 1. The van der Waals surface area contributed by atoms with E-state index in [-0.39, 0.29) is 11.3 Å². The van der Waals surface area contributed by atoms with E-state index in [1.807, 2.05) is 26.0 Å². The van der Waals surface area contributed by atoms with Crippen LogP contribution in [0.4, 0.5) is 5.13 Å². The van der Waals surface area contributed by atoms with Crippen LogP contribution in [0.25, 0.3) is 16.0 Å². The molecule has 1 unspecified atom stereocenters. The monoisotopic (exact) mass is 576 g/mol. The molecule has 0 aliphatic carbocycles. The highest BCUT2D eigenvalue weighted by Gasteiger charge is 2.48. The number of aryl methyl sites for hydroxylation is 2. The third-order valence-corrected chi connectivity index (χ3v) is 8.10. The van der Waals surface area contributed by atoms with Crippen LogP contribution >= 0.6 is 22.9 Å². The van der Waals surface area contributed by atoms with E-state index in [1.54, 1.807) is 42.5 Å². The van der Waals surface area contributed by atoms with Crippen LogP contribution in [0.2, 0.25) is 5.02 Å². The number of rotatable bonds is 8. The molecular formula is C31H29ClN2O5S. The van der Waals surface area contributed by atoms with Crippen molar-refractivity contribution >= 4 is 55.7 Å². The topological polar surface area (TPSA) is 89.0 Å². The van der Waals surface area contributed by atoms with Gasteiger partial charge in [0.1, 0.15) is 5.76 Å². The molecule has 3 aromatic carbocycles. The van der Waals surface area contributed by atoms with E-state index < -0.39 is 17.7 Å². The second-order valence-electron chi connectivity index (χ2n) is 9.71. The summed E-state index contributed by atoms with van der Waals surface area (Å²) in [5.41, 5.74) is 3.71. The molecule has 0 spiro atoms. The van der Waals surface area contributed by atoms with E-state index in [0.29, 0.717) is 39.4 Å². The standard InChI is InChI=1S/C31H29ClN2O5S/c1-5-6-13-39-22-12-9-20(16-23(22)38-4)27-25(28(35)19-7-10-21(32)11-8-19)29(36)30(37)34(27)31-33-26-18(3)14-17(2)15-24(26)40-31/h7-12,14-16,27,35H,5-6,13H2,1-4H3/b28-25+. The molecule has 0 saturated carbocycles. The predicted octanol–water partition coefficient (Wildman–Crippen LogP) is 7.38. The number of aliphatic hydroxyl groups is 1.